The number of hydrogen-bond acceptors (Lipinski definition) is 3. The summed E-state index contributed by atoms with van der Waals surface area (Å²) < 4.78 is 25.2. The maximum Gasteiger partial charge on any atom is 0.214 e. The normalized spacial score (nSPS) is 12.3. The van der Waals surface area contributed by atoms with E-state index in [1.165, 1.54) is 4.31 Å². The summed E-state index contributed by atoms with van der Waals surface area (Å²) in [6, 6.07) is -0.0223. The summed E-state index contributed by atoms with van der Waals surface area (Å²) in [5, 5.41) is 0. The summed E-state index contributed by atoms with van der Waals surface area (Å²) in [7, 11) is -3.15. The minimum absolute atomic E-state index is 0.0223. The van der Waals surface area contributed by atoms with Crippen LogP contribution in [0.5, 0.6) is 0 Å². The molecule has 0 aliphatic heterocycles. The van der Waals surface area contributed by atoms with Gasteiger partial charge in [-0.15, -0.1) is 6.58 Å². The summed E-state index contributed by atoms with van der Waals surface area (Å²) in [6.07, 6.45) is 2.99. The maximum absolute atomic E-state index is 11.9. The van der Waals surface area contributed by atoms with Gasteiger partial charge < -0.3 is 5.73 Å². The quantitative estimate of drug-likeness (QED) is 0.502. The number of unbranched alkanes of at least 4 members (excludes halogenated alkanes) is 1. The van der Waals surface area contributed by atoms with Crippen LogP contribution in [0.1, 0.15) is 26.7 Å². The van der Waals surface area contributed by atoms with E-state index in [0.717, 1.165) is 6.42 Å². The first-order valence-electron chi connectivity index (χ1n) is 5.26. The molecule has 4 nitrogen and oxygen atoms in total. The van der Waals surface area contributed by atoms with Crippen molar-refractivity contribution in [3.63, 3.8) is 0 Å². The molecule has 0 aromatic carbocycles. The average Bonchev–Trinajstić information content (AvgIpc) is 2.13. The standard InChI is InChI=1S/C10H22N2O2S/c1-4-8-12(10(2)3)15(13,14)9-6-5-7-11/h4,10H,1,5-9,11H2,2-3H3. The van der Waals surface area contributed by atoms with E-state index in [4.69, 9.17) is 5.73 Å². The van der Waals surface area contributed by atoms with Gasteiger partial charge in [0.05, 0.1) is 5.75 Å². The summed E-state index contributed by atoms with van der Waals surface area (Å²) >= 11 is 0. The zero-order chi connectivity index (χ0) is 11.9. The molecule has 0 rings (SSSR count). The molecule has 0 saturated heterocycles. The predicted octanol–water partition coefficient (Wildman–Crippen LogP) is 0.952. The first-order chi connectivity index (χ1) is 6.95. The molecule has 5 heteroatoms. The molecule has 0 unspecified atom stereocenters. The van der Waals surface area contributed by atoms with E-state index in [2.05, 4.69) is 6.58 Å². The van der Waals surface area contributed by atoms with Gasteiger partial charge in [-0.3, -0.25) is 0 Å². The molecule has 90 valence electrons. The molecule has 0 radical (unpaired) electrons. The van der Waals surface area contributed by atoms with Crippen molar-refractivity contribution in [1.29, 1.82) is 0 Å². The lowest BCUT2D eigenvalue weighted by molar-refractivity contribution is 0.382. The van der Waals surface area contributed by atoms with Gasteiger partial charge in [-0.2, -0.15) is 4.31 Å². The van der Waals surface area contributed by atoms with Crippen LogP contribution in [0.2, 0.25) is 0 Å². The van der Waals surface area contributed by atoms with Crippen LogP contribution in [-0.4, -0.2) is 37.6 Å². The van der Waals surface area contributed by atoms with E-state index in [9.17, 15) is 8.42 Å². The number of hydrogen-bond donors (Lipinski definition) is 1. The molecule has 0 saturated carbocycles. The van der Waals surface area contributed by atoms with Crippen molar-refractivity contribution in [2.45, 2.75) is 32.7 Å². The second-order valence-electron chi connectivity index (χ2n) is 3.76. The minimum atomic E-state index is -3.15. The third-order valence-electron chi connectivity index (χ3n) is 2.10. The third kappa shape index (κ3) is 5.30. The molecule has 0 aromatic rings. The largest absolute Gasteiger partial charge is 0.330 e. The number of sulfonamides is 1. The van der Waals surface area contributed by atoms with Gasteiger partial charge >= 0.3 is 0 Å². The summed E-state index contributed by atoms with van der Waals surface area (Å²) in [5.74, 6) is 0.177. The Kier molecular flexibility index (Phi) is 6.80. The second-order valence-corrected chi connectivity index (χ2v) is 5.80. The fourth-order valence-electron chi connectivity index (χ4n) is 1.32. The summed E-state index contributed by atoms with van der Waals surface area (Å²) in [5.41, 5.74) is 5.33. The number of nitrogens with two attached hydrogens (primary N) is 1. The topological polar surface area (TPSA) is 63.4 Å². The SMILES string of the molecule is C=CCN(C(C)C)S(=O)(=O)CCCCN. The average molecular weight is 234 g/mol. The Morgan fingerprint density at radius 1 is 1.40 bits per heavy atom. The summed E-state index contributed by atoms with van der Waals surface area (Å²) in [6.45, 7) is 8.21. The van der Waals surface area contributed by atoms with E-state index in [1.54, 1.807) is 6.08 Å². The Morgan fingerprint density at radius 2 is 2.00 bits per heavy atom. The second kappa shape index (κ2) is 6.98. The maximum atomic E-state index is 11.9. The molecule has 0 spiro atoms. The molecule has 0 amide bonds. The van der Waals surface area contributed by atoms with Crippen LogP contribution in [0.3, 0.4) is 0 Å². The fourth-order valence-corrected chi connectivity index (χ4v) is 3.10. The predicted molar refractivity (Wildman–Crippen MR) is 64.1 cm³/mol. The Balaban J connectivity index is 4.43. The number of rotatable bonds is 8. The molecule has 15 heavy (non-hydrogen) atoms. The van der Waals surface area contributed by atoms with Crippen molar-refractivity contribution in [2.24, 2.45) is 5.73 Å². The van der Waals surface area contributed by atoms with Gasteiger partial charge in [0.2, 0.25) is 10.0 Å². The zero-order valence-electron chi connectivity index (χ0n) is 9.65. The molecule has 0 heterocycles. The van der Waals surface area contributed by atoms with Crippen molar-refractivity contribution < 1.29 is 8.42 Å². The van der Waals surface area contributed by atoms with E-state index in [-0.39, 0.29) is 11.8 Å². The van der Waals surface area contributed by atoms with Gasteiger partial charge in [0.15, 0.2) is 0 Å². The Hall–Kier alpha value is -0.390. The summed E-state index contributed by atoms with van der Waals surface area (Å²) in [4.78, 5) is 0. The van der Waals surface area contributed by atoms with E-state index >= 15 is 0 Å². The fraction of sp³-hybridized carbons (Fsp3) is 0.800. The highest BCUT2D eigenvalue weighted by Crippen LogP contribution is 2.09. The monoisotopic (exact) mass is 234 g/mol. The number of nitrogens with zero attached hydrogens (tertiary/aromatic N) is 1. The highest BCUT2D eigenvalue weighted by molar-refractivity contribution is 7.89. The third-order valence-corrected chi connectivity index (χ3v) is 4.19. The van der Waals surface area contributed by atoms with Gasteiger partial charge in [-0.05, 0) is 33.2 Å². The van der Waals surface area contributed by atoms with Crippen LogP contribution < -0.4 is 5.73 Å². The van der Waals surface area contributed by atoms with Crippen molar-refractivity contribution in [1.82, 2.24) is 4.31 Å². The molecule has 2 N–H and O–H groups in total. The van der Waals surface area contributed by atoms with Gasteiger partial charge in [-0.25, -0.2) is 8.42 Å². The van der Waals surface area contributed by atoms with Gasteiger partial charge in [0.1, 0.15) is 0 Å². The van der Waals surface area contributed by atoms with Crippen LogP contribution in [0, 0.1) is 0 Å². The van der Waals surface area contributed by atoms with E-state index < -0.39 is 10.0 Å². The molecule has 0 aliphatic carbocycles. The van der Waals surface area contributed by atoms with Gasteiger partial charge in [-0.1, -0.05) is 6.08 Å². The lowest BCUT2D eigenvalue weighted by atomic mass is 10.3. The molecule has 0 atom stereocenters. The molecular formula is C10H22N2O2S. The molecule has 0 aromatic heterocycles. The molecule has 0 bridgehead atoms. The van der Waals surface area contributed by atoms with Crippen LogP contribution >= 0.6 is 0 Å². The van der Waals surface area contributed by atoms with Gasteiger partial charge in [0, 0.05) is 12.6 Å². The Bertz CT molecular complexity index is 273. The Morgan fingerprint density at radius 3 is 2.40 bits per heavy atom. The van der Waals surface area contributed by atoms with Crippen LogP contribution in [-0.2, 0) is 10.0 Å². The van der Waals surface area contributed by atoms with E-state index in [0.29, 0.717) is 19.5 Å². The minimum Gasteiger partial charge on any atom is -0.330 e. The van der Waals surface area contributed by atoms with Crippen molar-refractivity contribution in [3.8, 4) is 0 Å². The van der Waals surface area contributed by atoms with Gasteiger partial charge in [0.25, 0.3) is 0 Å². The molecular weight excluding hydrogens is 212 g/mol. The van der Waals surface area contributed by atoms with Crippen molar-refractivity contribution in [2.75, 3.05) is 18.8 Å². The molecule has 0 aliphatic rings. The zero-order valence-corrected chi connectivity index (χ0v) is 10.5. The first-order valence-corrected chi connectivity index (χ1v) is 6.87. The lowest BCUT2D eigenvalue weighted by Crippen LogP contribution is -2.38. The van der Waals surface area contributed by atoms with E-state index in [1.807, 2.05) is 13.8 Å². The smallest absolute Gasteiger partial charge is 0.214 e. The highest BCUT2D eigenvalue weighted by Gasteiger charge is 2.22. The highest BCUT2D eigenvalue weighted by atomic mass is 32.2. The van der Waals surface area contributed by atoms with Crippen LogP contribution in [0.25, 0.3) is 0 Å². The lowest BCUT2D eigenvalue weighted by Gasteiger charge is -2.24. The Labute approximate surface area is 93.2 Å². The first kappa shape index (κ1) is 14.6. The van der Waals surface area contributed by atoms with Crippen molar-refractivity contribution in [3.05, 3.63) is 12.7 Å². The molecule has 0 fully saturated rings. The van der Waals surface area contributed by atoms with Crippen LogP contribution in [0.15, 0.2) is 12.7 Å². The van der Waals surface area contributed by atoms with Crippen LogP contribution in [0.4, 0.5) is 0 Å². The van der Waals surface area contributed by atoms with Crippen molar-refractivity contribution >= 4 is 10.0 Å².